The lowest BCUT2D eigenvalue weighted by Gasteiger charge is -2.10. The molecule has 4 nitrogen and oxygen atoms in total. The summed E-state index contributed by atoms with van der Waals surface area (Å²) in [6.45, 7) is 2.05. The first kappa shape index (κ1) is 13.7. The molecule has 2 aromatic rings. The lowest BCUT2D eigenvalue weighted by Crippen LogP contribution is -2.16. The predicted molar refractivity (Wildman–Crippen MR) is 81.3 cm³/mol. The number of nitrogens with two attached hydrogens (primary N) is 1. The molecule has 5 heteroatoms. The van der Waals surface area contributed by atoms with Gasteiger partial charge in [0.1, 0.15) is 5.69 Å². The Morgan fingerprint density at radius 3 is 2.74 bits per heavy atom. The lowest BCUT2D eigenvalue weighted by atomic mass is 10.1. The summed E-state index contributed by atoms with van der Waals surface area (Å²) < 4.78 is 2.72. The van der Waals surface area contributed by atoms with Crippen LogP contribution in [-0.2, 0) is 13.5 Å². The zero-order chi connectivity index (χ0) is 14.0. The molecule has 0 saturated heterocycles. The van der Waals surface area contributed by atoms with Crippen LogP contribution < -0.4 is 11.1 Å². The number of rotatable bonds is 3. The number of aromatic nitrogens is 1. The largest absolute Gasteiger partial charge is 0.397 e. The van der Waals surface area contributed by atoms with E-state index >= 15 is 0 Å². The second-order valence-corrected chi connectivity index (χ2v) is 5.29. The Balaban J connectivity index is 2.26. The van der Waals surface area contributed by atoms with E-state index in [-0.39, 0.29) is 5.91 Å². The number of carbonyl (C=O) groups excluding carboxylic acids is 1. The molecule has 19 heavy (non-hydrogen) atoms. The highest BCUT2D eigenvalue weighted by molar-refractivity contribution is 9.10. The minimum atomic E-state index is -0.156. The van der Waals surface area contributed by atoms with Crippen molar-refractivity contribution in [3.8, 4) is 0 Å². The average molecular weight is 322 g/mol. The van der Waals surface area contributed by atoms with Crippen LogP contribution in [0.5, 0.6) is 0 Å². The number of hydrogen-bond acceptors (Lipinski definition) is 2. The monoisotopic (exact) mass is 321 g/mol. The number of aryl methyl sites for hydroxylation is 2. The molecule has 3 N–H and O–H groups in total. The summed E-state index contributed by atoms with van der Waals surface area (Å²) in [5.74, 6) is -0.156. The summed E-state index contributed by atoms with van der Waals surface area (Å²) in [5, 5.41) is 2.92. The summed E-state index contributed by atoms with van der Waals surface area (Å²) in [5.41, 5.74) is 8.72. The fraction of sp³-hybridized carbons (Fsp3) is 0.214. The van der Waals surface area contributed by atoms with E-state index in [4.69, 9.17) is 5.73 Å². The number of hydrogen-bond donors (Lipinski definition) is 2. The molecule has 0 radical (unpaired) electrons. The first-order chi connectivity index (χ1) is 9.01. The Bertz CT molecular complexity index is 619. The molecular formula is C14H16BrN3O. The van der Waals surface area contributed by atoms with Gasteiger partial charge >= 0.3 is 0 Å². The molecular weight excluding hydrogens is 306 g/mol. The van der Waals surface area contributed by atoms with Crippen LogP contribution in [0.1, 0.15) is 23.0 Å². The van der Waals surface area contributed by atoms with Crippen molar-refractivity contribution >= 4 is 33.2 Å². The zero-order valence-electron chi connectivity index (χ0n) is 10.9. The molecule has 0 aliphatic heterocycles. The normalized spacial score (nSPS) is 10.5. The number of halogens is 1. The van der Waals surface area contributed by atoms with E-state index in [2.05, 4.69) is 28.2 Å². The average Bonchev–Trinajstić information content (AvgIpc) is 2.70. The van der Waals surface area contributed by atoms with Crippen molar-refractivity contribution in [3.05, 3.63) is 46.2 Å². The van der Waals surface area contributed by atoms with Crippen LogP contribution in [0, 0.1) is 0 Å². The van der Waals surface area contributed by atoms with Gasteiger partial charge in [0.05, 0.1) is 5.69 Å². The molecule has 0 fully saturated rings. The smallest absolute Gasteiger partial charge is 0.272 e. The van der Waals surface area contributed by atoms with Crippen LogP contribution in [-0.4, -0.2) is 10.5 Å². The summed E-state index contributed by atoms with van der Waals surface area (Å²) in [7, 11) is 1.80. The molecule has 1 heterocycles. The molecule has 2 rings (SSSR count). The number of nitrogens with one attached hydrogen (secondary N) is 1. The third-order valence-corrected chi connectivity index (χ3v) is 3.45. The highest BCUT2D eigenvalue weighted by atomic mass is 79.9. The Morgan fingerprint density at radius 2 is 2.16 bits per heavy atom. The second kappa shape index (κ2) is 5.48. The maximum absolute atomic E-state index is 12.2. The Morgan fingerprint density at radius 1 is 1.42 bits per heavy atom. The van der Waals surface area contributed by atoms with E-state index in [1.807, 2.05) is 18.2 Å². The van der Waals surface area contributed by atoms with Gasteiger partial charge in [-0.15, -0.1) is 0 Å². The maximum Gasteiger partial charge on any atom is 0.272 e. The van der Waals surface area contributed by atoms with Crippen LogP contribution in [0.3, 0.4) is 0 Å². The summed E-state index contributed by atoms with van der Waals surface area (Å²) >= 11 is 3.43. The van der Waals surface area contributed by atoms with Gasteiger partial charge in [-0.3, -0.25) is 4.79 Å². The van der Waals surface area contributed by atoms with Gasteiger partial charge in [-0.25, -0.2) is 0 Å². The molecule has 1 amide bonds. The number of amides is 1. The highest BCUT2D eigenvalue weighted by Crippen LogP contribution is 2.22. The van der Waals surface area contributed by atoms with Gasteiger partial charge in [0.2, 0.25) is 0 Å². The number of nitrogens with zero attached hydrogens (tertiary/aromatic N) is 1. The molecule has 0 aliphatic carbocycles. The van der Waals surface area contributed by atoms with E-state index in [9.17, 15) is 4.79 Å². The molecule has 1 aromatic heterocycles. The van der Waals surface area contributed by atoms with Crippen molar-refractivity contribution in [2.45, 2.75) is 13.3 Å². The van der Waals surface area contributed by atoms with Crippen LogP contribution in [0.25, 0.3) is 0 Å². The topological polar surface area (TPSA) is 60.1 Å². The number of anilines is 2. The van der Waals surface area contributed by atoms with Gasteiger partial charge in [-0.1, -0.05) is 22.9 Å². The standard InChI is InChI=1S/C14H16BrN3O/c1-3-9-6-10(15)4-5-12(9)17-14(19)13-7-11(16)8-18(13)2/h4-8H,3,16H2,1-2H3,(H,17,19). The Kier molecular flexibility index (Phi) is 3.95. The van der Waals surface area contributed by atoms with Crippen LogP contribution in [0.4, 0.5) is 11.4 Å². The van der Waals surface area contributed by atoms with Crippen molar-refractivity contribution < 1.29 is 4.79 Å². The molecule has 1 aromatic carbocycles. The second-order valence-electron chi connectivity index (χ2n) is 4.38. The highest BCUT2D eigenvalue weighted by Gasteiger charge is 2.12. The van der Waals surface area contributed by atoms with Crippen LogP contribution in [0.2, 0.25) is 0 Å². The minimum absolute atomic E-state index is 0.156. The van der Waals surface area contributed by atoms with E-state index in [1.165, 1.54) is 0 Å². The molecule has 0 bridgehead atoms. The first-order valence-electron chi connectivity index (χ1n) is 6.03. The third kappa shape index (κ3) is 2.98. The summed E-state index contributed by atoms with van der Waals surface area (Å²) in [4.78, 5) is 12.2. The van der Waals surface area contributed by atoms with Crippen molar-refractivity contribution in [2.75, 3.05) is 11.1 Å². The SMILES string of the molecule is CCc1cc(Br)ccc1NC(=O)c1cc(N)cn1C. The molecule has 0 aliphatic rings. The van der Waals surface area contributed by atoms with Gasteiger partial charge in [0, 0.05) is 23.4 Å². The van der Waals surface area contributed by atoms with Gasteiger partial charge in [-0.05, 0) is 36.2 Å². The number of benzene rings is 1. The first-order valence-corrected chi connectivity index (χ1v) is 6.82. The van der Waals surface area contributed by atoms with Crippen molar-refractivity contribution in [1.29, 1.82) is 0 Å². The molecule has 100 valence electrons. The maximum atomic E-state index is 12.2. The minimum Gasteiger partial charge on any atom is -0.397 e. The lowest BCUT2D eigenvalue weighted by molar-refractivity contribution is 0.101. The van der Waals surface area contributed by atoms with Gasteiger partial charge in [0.25, 0.3) is 5.91 Å². The molecule has 0 saturated carbocycles. The molecule has 0 atom stereocenters. The molecule has 0 unspecified atom stereocenters. The fourth-order valence-electron chi connectivity index (χ4n) is 1.98. The fourth-order valence-corrected chi connectivity index (χ4v) is 2.39. The van der Waals surface area contributed by atoms with Gasteiger partial charge in [0.15, 0.2) is 0 Å². The molecule has 0 spiro atoms. The van der Waals surface area contributed by atoms with Crippen LogP contribution >= 0.6 is 15.9 Å². The third-order valence-electron chi connectivity index (χ3n) is 2.96. The van der Waals surface area contributed by atoms with E-state index in [1.54, 1.807) is 23.9 Å². The van der Waals surface area contributed by atoms with Crippen molar-refractivity contribution in [1.82, 2.24) is 4.57 Å². The van der Waals surface area contributed by atoms with Gasteiger partial charge in [-0.2, -0.15) is 0 Å². The number of carbonyl (C=O) groups is 1. The summed E-state index contributed by atoms with van der Waals surface area (Å²) in [6, 6.07) is 7.48. The Hall–Kier alpha value is -1.75. The summed E-state index contributed by atoms with van der Waals surface area (Å²) in [6.07, 6.45) is 2.57. The predicted octanol–water partition coefficient (Wildman–Crippen LogP) is 3.18. The zero-order valence-corrected chi connectivity index (χ0v) is 12.5. The quantitative estimate of drug-likeness (QED) is 0.912. The van der Waals surface area contributed by atoms with Crippen molar-refractivity contribution in [2.24, 2.45) is 7.05 Å². The van der Waals surface area contributed by atoms with Crippen LogP contribution in [0.15, 0.2) is 34.9 Å². The van der Waals surface area contributed by atoms with E-state index in [0.29, 0.717) is 11.4 Å². The van der Waals surface area contributed by atoms with E-state index < -0.39 is 0 Å². The number of nitrogen functional groups attached to an aromatic ring is 1. The van der Waals surface area contributed by atoms with Crippen molar-refractivity contribution in [3.63, 3.8) is 0 Å². The Labute approximate surface area is 120 Å². The van der Waals surface area contributed by atoms with Gasteiger partial charge < -0.3 is 15.6 Å². The van der Waals surface area contributed by atoms with E-state index in [0.717, 1.165) is 22.1 Å².